The zero-order chi connectivity index (χ0) is 15.8. The van der Waals surface area contributed by atoms with E-state index in [-0.39, 0.29) is 23.1 Å². The van der Waals surface area contributed by atoms with E-state index in [1.807, 2.05) is 26.8 Å². The Morgan fingerprint density at radius 3 is 2.36 bits per heavy atom. The van der Waals surface area contributed by atoms with Crippen molar-refractivity contribution in [3.05, 3.63) is 47.2 Å². The summed E-state index contributed by atoms with van der Waals surface area (Å²) in [6.07, 6.45) is -2.46. The lowest BCUT2D eigenvalue weighted by Gasteiger charge is -2.26. The van der Waals surface area contributed by atoms with Crippen LogP contribution < -0.4 is 5.73 Å². The van der Waals surface area contributed by atoms with Crippen molar-refractivity contribution in [2.24, 2.45) is 16.1 Å². The number of nitrogens with two attached hydrogens (primary N) is 1. The molecule has 0 radical (unpaired) electrons. The zero-order valence-electron chi connectivity index (χ0n) is 12.4. The van der Waals surface area contributed by atoms with Gasteiger partial charge in [0, 0.05) is 11.1 Å². The number of thioether (sulfide) groups is 1. The molecule has 1 aromatic carbocycles. The van der Waals surface area contributed by atoms with Crippen LogP contribution in [0.15, 0.2) is 41.0 Å². The predicted octanol–water partition coefficient (Wildman–Crippen LogP) is 5.16. The molecule has 2 nitrogen and oxygen atoms in total. The minimum atomic E-state index is -4.34. The van der Waals surface area contributed by atoms with Crippen LogP contribution in [0, 0.1) is 5.41 Å². The van der Waals surface area contributed by atoms with Gasteiger partial charge in [-0.2, -0.15) is 13.2 Å². The Morgan fingerprint density at radius 1 is 1.18 bits per heavy atom. The normalized spacial score (nSPS) is 19.1. The first-order valence-corrected chi connectivity index (χ1v) is 7.35. The number of nitrogens with zero attached hydrogens (tertiary/aromatic N) is 1. The van der Waals surface area contributed by atoms with Crippen LogP contribution in [0.3, 0.4) is 0 Å². The monoisotopic (exact) mass is 350 g/mol. The quantitative estimate of drug-likeness (QED) is 0.759. The fourth-order valence-corrected chi connectivity index (χ4v) is 2.85. The van der Waals surface area contributed by atoms with Crippen LogP contribution in [0.5, 0.6) is 0 Å². The lowest BCUT2D eigenvalue weighted by Crippen LogP contribution is -2.19. The summed E-state index contributed by atoms with van der Waals surface area (Å²) in [6, 6.07) is 5.35. The van der Waals surface area contributed by atoms with Crippen molar-refractivity contribution in [1.82, 2.24) is 0 Å². The summed E-state index contributed by atoms with van der Waals surface area (Å²) in [7, 11) is 0. The highest BCUT2D eigenvalue weighted by molar-refractivity contribution is 8.14. The number of rotatable bonds is 1. The number of benzene rings is 1. The fourth-order valence-electron chi connectivity index (χ4n) is 1.96. The Kier molecular flexibility index (Phi) is 5.62. The van der Waals surface area contributed by atoms with Crippen molar-refractivity contribution in [3.63, 3.8) is 0 Å². The van der Waals surface area contributed by atoms with Gasteiger partial charge in [0.2, 0.25) is 0 Å². The van der Waals surface area contributed by atoms with E-state index < -0.39 is 11.7 Å². The Morgan fingerprint density at radius 2 is 1.82 bits per heavy atom. The highest BCUT2D eigenvalue weighted by atomic mass is 35.5. The third kappa shape index (κ3) is 4.43. The summed E-state index contributed by atoms with van der Waals surface area (Å²) < 4.78 is 38.4. The second-order valence-electron chi connectivity index (χ2n) is 5.91. The van der Waals surface area contributed by atoms with Gasteiger partial charge in [0.15, 0.2) is 5.17 Å². The fraction of sp³-hybridized carbons (Fsp3) is 0.400. The molecule has 22 heavy (non-hydrogen) atoms. The second-order valence-corrected chi connectivity index (χ2v) is 7.08. The minimum Gasteiger partial charge on any atom is -0.378 e. The van der Waals surface area contributed by atoms with Crippen molar-refractivity contribution in [2.75, 3.05) is 0 Å². The molecule has 0 spiro atoms. The average Bonchev–Trinajstić information content (AvgIpc) is 2.36. The number of allylic oxidation sites excluding steroid dienone is 1. The van der Waals surface area contributed by atoms with Gasteiger partial charge in [-0.3, -0.25) is 0 Å². The van der Waals surface area contributed by atoms with Crippen molar-refractivity contribution in [3.8, 4) is 0 Å². The van der Waals surface area contributed by atoms with Crippen molar-refractivity contribution in [1.29, 1.82) is 0 Å². The number of aliphatic imine (C=N–C) groups is 1. The van der Waals surface area contributed by atoms with Gasteiger partial charge in [0.1, 0.15) is 0 Å². The van der Waals surface area contributed by atoms with Crippen LogP contribution in [0.25, 0.3) is 0 Å². The molecule has 2 N–H and O–H groups in total. The van der Waals surface area contributed by atoms with Crippen LogP contribution in [0.4, 0.5) is 13.2 Å². The SMILES string of the molecule is CC(C)(C)C1=CC(c2cccc(C(F)(F)F)c2)SC(N)=N1.Cl. The van der Waals surface area contributed by atoms with Gasteiger partial charge in [-0.25, -0.2) is 4.99 Å². The van der Waals surface area contributed by atoms with E-state index >= 15 is 0 Å². The maximum absolute atomic E-state index is 12.8. The molecule has 7 heteroatoms. The molecule has 0 aromatic heterocycles. The third-order valence-electron chi connectivity index (χ3n) is 3.10. The molecule has 0 saturated carbocycles. The highest BCUT2D eigenvalue weighted by Crippen LogP contribution is 2.41. The standard InChI is InChI=1S/C15H17F3N2S.ClH/c1-14(2,3)12-8-11(21-13(19)20-12)9-5-4-6-10(7-9)15(16,17)18;/h4-8,11H,1-3H3,(H2,19,20);1H. The van der Waals surface area contributed by atoms with Crippen LogP contribution in [0.2, 0.25) is 0 Å². The van der Waals surface area contributed by atoms with Gasteiger partial charge in [-0.1, -0.05) is 50.7 Å². The molecule has 1 aliphatic rings. The smallest absolute Gasteiger partial charge is 0.378 e. The number of hydrogen-bond acceptors (Lipinski definition) is 3. The first-order chi connectivity index (χ1) is 9.57. The first kappa shape index (κ1) is 18.9. The van der Waals surface area contributed by atoms with E-state index in [0.717, 1.165) is 11.8 Å². The molecule has 0 fully saturated rings. The third-order valence-corrected chi connectivity index (χ3v) is 4.09. The summed E-state index contributed by atoms with van der Waals surface area (Å²) in [6.45, 7) is 5.98. The van der Waals surface area contributed by atoms with E-state index in [1.54, 1.807) is 6.07 Å². The molecule has 1 unspecified atom stereocenters. The molecule has 1 aliphatic heterocycles. The van der Waals surface area contributed by atoms with Crippen molar-refractivity contribution >= 4 is 29.3 Å². The number of hydrogen-bond donors (Lipinski definition) is 1. The second kappa shape index (κ2) is 6.54. The van der Waals surface area contributed by atoms with E-state index in [2.05, 4.69) is 4.99 Å². The maximum atomic E-state index is 12.8. The summed E-state index contributed by atoms with van der Waals surface area (Å²) in [4.78, 5) is 4.30. The molecule has 0 bridgehead atoms. The average molecular weight is 351 g/mol. The van der Waals surface area contributed by atoms with Crippen molar-refractivity contribution in [2.45, 2.75) is 32.2 Å². The van der Waals surface area contributed by atoms with Gasteiger partial charge >= 0.3 is 6.18 Å². The molecule has 1 heterocycles. The number of amidine groups is 1. The topological polar surface area (TPSA) is 38.4 Å². The minimum absolute atomic E-state index is 0. The zero-order valence-corrected chi connectivity index (χ0v) is 14.1. The van der Waals surface area contributed by atoms with E-state index in [1.165, 1.54) is 23.9 Å². The summed E-state index contributed by atoms with van der Waals surface area (Å²) in [5, 5.41) is 0.129. The largest absolute Gasteiger partial charge is 0.416 e. The Hall–Kier alpha value is -1.14. The molecular formula is C15H18ClF3N2S. The lowest BCUT2D eigenvalue weighted by molar-refractivity contribution is -0.137. The van der Waals surface area contributed by atoms with Crippen LogP contribution >= 0.6 is 24.2 Å². The summed E-state index contributed by atoms with van der Waals surface area (Å²) in [5.74, 6) is 0. The molecule has 1 atom stereocenters. The Balaban J connectivity index is 0.00000242. The molecular weight excluding hydrogens is 333 g/mol. The summed E-state index contributed by atoms with van der Waals surface area (Å²) >= 11 is 1.26. The van der Waals surface area contributed by atoms with Gasteiger partial charge in [0.25, 0.3) is 0 Å². The molecule has 0 saturated heterocycles. The predicted molar refractivity (Wildman–Crippen MR) is 88.2 cm³/mol. The van der Waals surface area contributed by atoms with E-state index in [9.17, 15) is 13.2 Å². The van der Waals surface area contributed by atoms with Crippen molar-refractivity contribution < 1.29 is 13.2 Å². The molecule has 122 valence electrons. The number of halogens is 4. The molecule has 1 aromatic rings. The van der Waals surface area contributed by atoms with Gasteiger partial charge in [-0.15, -0.1) is 12.4 Å². The maximum Gasteiger partial charge on any atom is 0.416 e. The van der Waals surface area contributed by atoms with Crippen LogP contribution in [0.1, 0.15) is 37.1 Å². The molecule has 0 amide bonds. The van der Waals surface area contributed by atoms with Gasteiger partial charge in [0.05, 0.1) is 10.8 Å². The van der Waals surface area contributed by atoms with Crippen LogP contribution in [-0.2, 0) is 6.18 Å². The summed E-state index contributed by atoms with van der Waals surface area (Å²) in [5.41, 5.74) is 6.35. The number of alkyl halides is 3. The molecule has 0 aliphatic carbocycles. The van der Waals surface area contributed by atoms with Crippen LogP contribution in [-0.4, -0.2) is 5.17 Å². The van der Waals surface area contributed by atoms with E-state index in [0.29, 0.717) is 10.7 Å². The lowest BCUT2D eigenvalue weighted by atomic mass is 9.90. The highest BCUT2D eigenvalue weighted by Gasteiger charge is 2.31. The van der Waals surface area contributed by atoms with E-state index in [4.69, 9.17) is 5.73 Å². The first-order valence-electron chi connectivity index (χ1n) is 6.47. The Bertz CT molecular complexity index is 604. The Labute approximate surface area is 138 Å². The van der Waals surface area contributed by atoms with Gasteiger partial charge < -0.3 is 5.73 Å². The molecule has 2 rings (SSSR count). The van der Waals surface area contributed by atoms with Gasteiger partial charge in [-0.05, 0) is 17.7 Å².